The molecule has 1 heterocycles. The van der Waals surface area contributed by atoms with Gasteiger partial charge in [-0.25, -0.2) is 0 Å². The molecule has 0 radical (unpaired) electrons. The first-order valence-corrected chi connectivity index (χ1v) is 6.86. The molecule has 1 N–H and O–H groups in total. The summed E-state index contributed by atoms with van der Waals surface area (Å²) in [7, 11) is 1.72. The zero-order chi connectivity index (χ0) is 12.4. The van der Waals surface area contributed by atoms with Crippen molar-refractivity contribution in [3.8, 4) is 5.75 Å². The molecule has 3 nitrogen and oxygen atoms in total. The number of ether oxygens (including phenoxy) is 2. The largest absolute Gasteiger partial charge is 0.497 e. The van der Waals surface area contributed by atoms with E-state index in [9.17, 15) is 0 Å². The molecule has 1 aromatic carbocycles. The van der Waals surface area contributed by atoms with Crippen molar-refractivity contribution in [2.75, 3.05) is 20.3 Å². The van der Waals surface area contributed by atoms with Crippen LogP contribution in [0, 0.1) is 0 Å². The standard InChI is InChI=1S/C15H21NO2.ClH/c1-17-13-6-4-5-12(11-13)15-8-3-2-7-14(15)18-10-9-16-15;/h4-6,11,14,16H,2-3,7-10H2,1H3;1H. The lowest BCUT2D eigenvalue weighted by atomic mass is 9.73. The van der Waals surface area contributed by atoms with Gasteiger partial charge in [-0.05, 0) is 30.5 Å². The van der Waals surface area contributed by atoms with Crippen LogP contribution >= 0.6 is 12.4 Å². The minimum absolute atomic E-state index is 0. The number of halogens is 1. The third-order valence-corrected chi connectivity index (χ3v) is 4.28. The molecule has 1 saturated carbocycles. The molecule has 19 heavy (non-hydrogen) atoms. The van der Waals surface area contributed by atoms with Crippen LogP contribution in [0.25, 0.3) is 0 Å². The van der Waals surface area contributed by atoms with E-state index in [1.54, 1.807) is 7.11 Å². The van der Waals surface area contributed by atoms with Crippen LogP contribution in [-0.4, -0.2) is 26.4 Å². The zero-order valence-corrected chi connectivity index (χ0v) is 12.2. The van der Waals surface area contributed by atoms with Crippen LogP contribution < -0.4 is 10.1 Å². The van der Waals surface area contributed by atoms with E-state index in [4.69, 9.17) is 9.47 Å². The first kappa shape index (κ1) is 14.6. The number of morpholine rings is 1. The highest BCUT2D eigenvalue weighted by atomic mass is 35.5. The summed E-state index contributed by atoms with van der Waals surface area (Å²) in [6.07, 6.45) is 5.17. The number of rotatable bonds is 2. The van der Waals surface area contributed by atoms with Gasteiger partial charge >= 0.3 is 0 Å². The Morgan fingerprint density at radius 3 is 3.11 bits per heavy atom. The summed E-state index contributed by atoms with van der Waals surface area (Å²) in [5, 5.41) is 3.72. The molecule has 106 valence electrons. The van der Waals surface area contributed by atoms with Gasteiger partial charge in [-0.15, -0.1) is 12.4 Å². The lowest BCUT2D eigenvalue weighted by molar-refractivity contribution is -0.0756. The Hall–Kier alpha value is -0.770. The van der Waals surface area contributed by atoms with E-state index in [2.05, 4.69) is 23.5 Å². The molecule has 0 amide bonds. The minimum Gasteiger partial charge on any atom is -0.497 e. The minimum atomic E-state index is 0. The summed E-state index contributed by atoms with van der Waals surface area (Å²) >= 11 is 0. The molecule has 0 aromatic heterocycles. The molecule has 2 fully saturated rings. The number of methoxy groups -OCH3 is 1. The van der Waals surface area contributed by atoms with Crippen LogP contribution in [0.15, 0.2) is 24.3 Å². The summed E-state index contributed by atoms with van der Waals surface area (Å²) in [6.45, 7) is 1.77. The van der Waals surface area contributed by atoms with Crippen LogP contribution in [0.4, 0.5) is 0 Å². The quantitative estimate of drug-likeness (QED) is 0.905. The van der Waals surface area contributed by atoms with E-state index in [0.717, 1.165) is 31.7 Å². The Morgan fingerprint density at radius 2 is 2.26 bits per heavy atom. The maximum atomic E-state index is 6.01. The highest BCUT2D eigenvalue weighted by Gasteiger charge is 2.44. The van der Waals surface area contributed by atoms with Crippen LogP contribution in [0.5, 0.6) is 5.75 Å². The summed E-state index contributed by atoms with van der Waals surface area (Å²) in [6, 6.07) is 8.43. The lowest BCUT2D eigenvalue weighted by Gasteiger charge is -2.48. The molecule has 1 aromatic rings. The second-order valence-electron chi connectivity index (χ2n) is 5.24. The van der Waals surface area contributed by atoms with Crippen molar-refractivity contribution in [3.05, 3.63) is 29.8 Å². The topological polar surface area (TPSA) is 30.5 Å². The normalized spacial score (nSPS) is 30.1. The van der Waals surface area contributed by atoms with E-state index >= 15 is 0 Å². The molecule has 1 saturated heterocycles. The van der Waals surface area contributed by atoms with E-state index in [1.165, 1.54) is 18.4 Å². The summed E-state index contributed by atoms with van der Waals surface area (Å²) in [4.78, 5) is 0. The molecular formula is C15H22ClNO2. The second-order valence-corrected chi connectivity index (χ2v) is 5.24. The summed E-state index contributed by atoms with van der Waals surface area (Å²) < 4.78 is 11.4. The Morgan fingerprint density at radius 1 is 1.37 bits per heavy atom. The highest BCUT2D eigenvalue weighted by molar-refractivity contribution is 5.85. The molecule has 2 aliphatic rings. The van der Waals surface area contributed by atoms with Crippen LogP contribution in [-0.2, 0) is 10.3 Å². The molecule has 0 bridgehead atoms. The fourth-order valence-electron chi connectivity index (χ4n) is 3.38. The van der Waals surface area contributed by atoms with Gasteiger partial charge in [0.1, 0.15) is 5.75 Å². The number of hydrogen-bond donors (Lipinski definition) is 1. The van der Waals surface area contributed by atoms with Gasteiger partial charge in [-0.1, -0.05) is 25.0 Å². The Balaban J connectivity index is 0.00000133. The third-order valence-electron chi connectivity index (χ3n) is 4.28. The van der Waals surface area contributed by atoms with Gasteiger partial charge < -0.3 is 14.8 Å². The predicted octanol–water partition coefficient (Wildman–Crippen LogP) is 2.87. The molecular weight excluding hydrogens is 262 g/mol. The fourth-order valence-corrected chi connectivity index (χ4v) is 3.38. The third kappa shape index (κ3) is 2.60. The summed E-state index contributed by atoms with van der Waals surface area (Å²) in [5.41, 5.74) is 1.32. The van der Waals surface area contributed by atoms with Crippen molar-refractivity contribution < 1.29 is 9.47 Å². The number of benzene rings is 1. The Labute approximate surface area is 121 Å². The van der Waals surface area contributed by atoms with Gasteiger partial charge in [0.15, 0.2) is 0 Å². The van der Waals surface area contributed by atoms with Crippen molar-refractivity contribution >= 4 is 12.4 Å². The molecule has 2 atom stereocenters. The fraction of sp³-hybridized carbons (Fsp3) is 0.600. The molecule has 4 heteroatoms. The molecule has 0 spiro atoms. The first-order chi connectivity index (χ1) is 8.85. The molecule has 1 aliphatic carbocycles. The van der Waals surface area contributed by atoms with Gasteiger partial charge in [0.25, 0.3) is 0 Å². The van der Waals surface area contributed by atoms with E-state index in [-0.39, 0.29) is 17.9 Å². The number of hydrogen-bond acceptors (Lipinski definition) is 3. The van der Waals surface area contributed by atoms with Crippen LogP contribution in [0.2, 0.25) is 0 Å². The predicted molar refractivity (Wildman–Crippen MR) is 78.1 cm³/mol. The highest BCUT2D eigenvalue weighted by Crippen LogP contribution is 2.41. The number of fused-ring (bicyclic) bond motifs is 1. The monoisotopic (exact) mass is 283 g/mol. The smallest absolute Gasteiger partial charge is 0.119 e. The maximum absolute atomic E-state index is 6.01. The van der Waals surface area contributed by atoms with Crippen molar-refractivity contribution in [2.24, 2.45) is 0 Å². The van der Waals surface area contributed by atoms with Gasteiger partial charge in [-0.2, -0.15) is 0 Å². The Bertz CT molecular complexity index is 412. The molecule has 3 rings (SSSR count). The maximum Gasteiger partial charge on any atom is 0.119 e. The average Bonchev–Trinajstić information content (AvgIpc) is 2.47. The molecule has 1 aliphatic heterocycles. The first-order valence-electron chi connectivity index (χ1n) is 6.86. The average molecular weight is 284 g/mol. The van der Waals surface area contributed by atoms with E-state index in [1.807, 2.05) is 6.07 Å². The summed E-state index contributed by atoms with van der Waals surface area (Å²) in [5.74, 6) is 0.929. The van der Waals surface area contributed by atoms with Crippen molar-refractivity contribution in [1.82, 2.24) is 5.32 Å². The van der Waals surface area contributed by atoms with Gasteiger partial charge in [0.05, 0.1) is 25.4 Å². The number of nitrogens with one attached hydrogen (secondary N) is 1. The van der Waals surface area contributed by atoms with Crippen LogP contribution in [0.3, 0.4) is 0 Å². The van der Waals surface area contributed by atoms with Gasteiger partial charge in [0.2, 0.25) is 0 Å². The van der Waals surface area contributed by atoms with Crippen molar-refractivity contribution in [3.63, 3.8) is 0 Å². The van der Waals surface area contributed by atoms with Crippen LogP contribution in [0.1, 0.15) is 31.2 Å². The SMILES string of the molecule is COc1cccc(C23CCCCC2OCCN3)c1.Cl. The lowest BCUT2D eigenvalue weighted by Crippen LogP contribution is -2.59. The molecule has 2 unspecified atom stereocenters. The van der Waals surface area contributed by atoms with E-state index < -0.39 is 0 Å². The zero-order valence-electron chi connectivity index (χ0n) is 11.4. The van der Waals surface area contributed by atoms with Crippen molar-refractivity contribution in [2.45, 2.75) is 37.3 Å². The second kappa shape index (κ2) is 6.12. The van der Waals surface area contributed by atoms with Crippen molar-refractivity contribution in [1.29, 1.82) is 0 Å². The van der Waals surface area contributed by atoms with E-state index in [0.29, 0.717) is 6.10 Å². The Kier molecular flexibility index (Phi) is 4.71. The van der Waals surface area contributed by atoms with Gasteiger partial charge in [-0.3, -0.25) is 0 Å². The van der Waals surface area contributed by atoms with Gasteiger partial charge in [0, 0.05) is 6.54 Å².